The quantitative estimate of drug-likeness (QED) is 0.510. The summed E-state index contributed by atoms with van der Waals surface area (Å²) >= 11 is 0. The van der Waals surface area contributed by atoms with E-state index in [0.717, 1.165) is 18.4 Å². The first-order valence-electron chi connectivity index (χ1n) is 9.64. The Morgan fingerprint density at radius 2 is 2.07 bits per heavy atom. The highest BCUT2D eigenvalue weighted by atomic mass is 16.5. The van der Waals surface area contributed by atoms with E-state index >= 15 is 0 Å². The van der Waals surface area contributed by atoms with E-state index in [1.165, 1.54) is 12.4 Å². The van der Waals surface area contributed by atoms with E-state index < -0.39 is 0 Å². The number of likely N-dealkylation sites (tertiary alicyclic amines) is 1. The molecule has 150 valence electrons. The van der Waals surface area contributed by atoms with Crippen molar-refractivity contribution in [1.82, 2.24) is 40.0 Å². The first-order valence-corrected chi connectivity index (χ1v) is 9.64. The highest BCUT2D eigenvalue weighted by molar-refractivity contribution is 5.92. The van der Waals surface area contributed by atoms with E-state index in [0.29, 0.717) is 36.2 Å². The molecule has 30 heavy (non-hydrogen) atoms. The number of benzene rings is 1. The van der Waals surface area contributed by atoms with E-state index in [1.54, 1.807) is 22.0 Å². The summed E-state index contributed by atoms with van der Waals surface area (Å²) in [5.41, 5.74) is 1.71. The van der Waals surface area contributed by atoms with Gasteiger partial charge in [0.05, 0.1) is 18.4 Å². The molecule has 4 aromatic rings. The van der Waals surface area contributed by atoms with E-state index in [9.17, 15) is 4.79 Å². The molecule has 0 bridgehead atoms. The number of rotatable bonds is 4. The Kier molecular flexibility index (Phi) is 4.72. The van der Waals surface area contributed by atoms with Crippen LogP contribution < -0.4 is 0 Å². The fourth-order valence-electron chi connectivity index (χ4n) is 3.51. The smallest absolute Gasteiger partial charge is 0.280 e. The number of carbonyl (C=O) groups excluding carboxylic acids is 1. The molecule has 1 fully saturated rings. The van der Waals surface area contributed by atoms with Crippen molar-refractivity contribution < 1.29 is 9.32 Å². The molecule has 1 aliphatic heterocycles. The first-order chi connectivity index (χ1) is 14.8. The van der Waals surface area contributed by atoms with Crippen LogP contribution in [0.15, 0.2) is 59.6 Å². The zero-order valence-electron chi connectivity index (χ0n) is 16.0. The number of hydrogen-bond acceptors (Lipinski definition) is 8. The molecule has 1 atom stereocenters. The number of carbonyl (C=O) groups is 1. The third kappa shape index (κ3) is 3.54. The molecule has 1 saturated heterocycles. The maximum absolute atomic E-state index is 12.7. The van der Waals surface area contributed by atoms with Crippen LogP contribution >= 0.6 is 0 Å². The Hall–Kier alpha value is -3.95. The molecule has 4 heterocycles. The molecule has 1 aliphatic rings. The van der Waals surface area contributed by atoms with Gasteiger partial charge in [-0.3, -0.25) is 9.78 Å². The summed E-state index contributed by atoms with van der Waals surface area (Å²) in [6, 6.07) is 9.60. The van der Waals surface area contributed by atoms with E-state index in [2.05, 4.69) is 30.4 Å². The van der Waals surface area contributed by atoms with Gasteiger partial charge < -0.3 is 9.42 Å². The molecule has 1 amide bonds. The molecule has 0 spiro atoms. The zero-order valence-corrected chi connectivity index (χ0v) is 16.0. The van der Waals surface area contributed by atoms with Gasteiger partial charge in [0.2, 0.25) is 5.82 Å². The molecule has 10 nitrogen and oxygen atoms in total. The Balaban J connectivity index is 1.32. The standard InChI is InChI=1S/C20H18N8O2/c29-20(16-11-21-8-9-22-16)27-10-4-7-15(12-27)28-13-17(24-26-28)19-23-18(25-30-19)14-5-2-1-3-6-14/h1-3,5-6,8-9,11,13,15H,4,7,10,12H2/t15-/m1/s1. The minimum absolute atomic E-state index is 0.0112. The van der Waals surface area contributed by atoms with Crippen molar-refractivity contribution in [3.05, 3.63) is 60.8 Å². The normalized spacial score (nSPS) is 16.5. The molecule has 0 aliphatic carbocycles. The van der Waals surface area contributed by atoms with Crippen LogP contribution in [-0.4, -0.2) is 59.0 Å². The van der Waals surface area contributed by atoms with Gasteiger partial charge in [0.15, 0.2) is 5.69 Å². The van der Waals surface area contributed by atoms with Crippen LogP contribution in [0.4, 0.5) is 0 Å². The number of nitrogens with zero attached hydrogens (tertiary/aromatic N) is 8. The van der Waals surface area contributed by atoms with Gasteiger partial charge in [-0.25, -0.2) is 9.67 Å². The van der Waals surface area contributed by atoms with Gasteiger partial charge in [0.25, 0.3) is 11.8 Å². The Morgan fingerprint density at radius 1 is 1.17 bits per heavy atom. The third-order valence-corrected chi connectivity index (χ3v) is 5.03. The predicted octanol–water partition coefficient (Wildman–Crippen LogP) is 2.26. The van der Waals surface area contributed by atoms with Gasteiger partial charge in [0, 0.05) is 31.0 Å². The van der Waals surface area contributed by atoms with Crippen molar-refractivity contribution >= 4 is 5.91 Å². The fourth-order valence-corrected chi connectivity index (χ4v) is 3.51. The number of hydrogen-bond donors (Lipinski definition) is 0. The van der Waals surface area contributed by atoms with Crippen molar-refractivity contribution in [3.8, 4) is 23.0 Å². The molecule has 0 N–H and O–H groups in total. The molecule has 1 aromatic carbocycles. The van der Waals surface area contributed by atoms with Crippen LogP contribution in [0.25, 0.3) is 23.0 Å². The summed E-state index contributed by atoms with van der Waals surface area (Å²) < 4.78 is 7.13. The summed E-state index contributed by atoms with van der Waals surface area (Å²) in [6.07, 6.45) is 8.10. The molecular weight excluding hydrogens is 384 g/mol. The summed E-state index contributed by atoms with van der Waals surface area (Å²) in [5.74, 6) is 0.680. The van der Waals surface area contributed by atoms with Gasteiger partial charge >= 0.3 is 0 Å². The summed E-state index contributed by atoms with van der Waals surface area (Å²) in [5, 5.41) is 12.4. The van der Waals surface area contributed by atoms with Crippen LogP contribution in [0, 0.1) is 0 Å². The van der Waals surface area contributed by atoms with E-state index in [1.807, 2.05) is 30.3 Å². The van der Waals surface area contributed by atoms with Crippen molar-refractivity contribution in [1.29, 1.82) is 0 Å². The lowest BCUT2D eigenvalue weighted by molar-refractivity contribution is 0.0665. The predicted molar refractivity (Wildman–Crippen MR) is 105 cm³/mol. The molecule has 10 heteroatoms. The fraction of sp³-hybridized carbons (Fsp3) is 0.250. The van der Waals surface area contributed by atoms with Crippen LogP contribution in [-0.2, 0) is 0 Å². The summed E-state index contributed by atoms with van der Waals surface area (Å²) in [6.45, 7) is 1.20. The topological polar surface area (TPSA) is 116 Å². The second-order valence-electron chi connectivity index (χ2n) is 7.01. The lowest BCUT2D eigenvalue weighted by Gasteiger charge is -2.32. The zero-order chi connectivity index (χ0) is 20.3. The van der Waals surface area contributed by atoms with Crippen LogP contribution in [0.5, 0.6) is 0 Å². The lowest BCUT2D eigenvalue weighted by atomic mass is 10.1. The Labute approximate surface area is 171 Å². The van der Waals surface area contributed by atoms with Gasteiger partial charge in [-0.15, -0.1) is 5.10 Å². The van der Waals surface area contributed by atoms with Crippen molar-refractivity contribution in [2.75, 3.05) is 13.1 Å². The number of piperidine rings is 1. The van der Waals surface area contributed by atoms with Crippen molar-refractivity contribution in [2.45, 2.75) is 18.9 Å². The third-order valence-electron chi connectivity index (χ3n) is 5.03. The van der Waals surface area contributed by atoms with Gasteiger partial charge in [-0.2, -0.15) is 4.98 Å². The minimum atomic E-state index is -0.127. The van der Waals surface area contributed by atoms with E-state index in [4.69, 9.17) is 4.52 Å². The van der Waals surface area contributed by atoms with Crippen molar-refractivity contribution in [2.24, 2.45) is 0 Å². The minimum Gasteiger partial charge on any atom is -0.335 e. The number of aromatic nitrogens is 7. The second-order valence-corrected chi connectivity index (χ2v) is 7.01. The van der Waals surface area contributed by atoms with Crippen LogP contribution in [0.2, 0.25) is 0 Å². The lowest BCUT2D eigenvalue weighted by Crippen LogP contribution is -2.41. The highest BCUT2D eigenvalue weighted by Crippen LogP contribution is 2.25. The largest absolute Gasteiger partial charge is 0.335 e. The molecule has 3 aromatic heterocycles. The molecule has 5 rings (SSSR count). The van der Waals surface area contributed by atoms with Crippen molar-refractivity contribution in [3.63, 3.8) is 0 Å². The van der Waals surface area contributed by atoms with Gasteiger partial charge in [-0.05, 0) is 12.8 Å². The average Bonchev–Trinajstić information content (AvgIpc) is 3.50. The molecule has 0 unspecified atom stereocenters. The maximum Gasteiger partial charge on any atom is 0.280 e. The second kappa shape index (κ2) is 7.82. The maximum atomic E-state index is 12.7. The Bertz CT molecular complexity index is 1140. The molecule has 0 saturated carbocycles. The summed E-state index contributed by atoms with van der Waals surface area (Å²) in [4.78, 5) is 27.0. The highest BCUT2D eigenvalue weighted by Gasteiger charge is 2.27. The molecular formula is C20H18N8O2. The van der Waals surface area contributed by atoms with Gasteiger partial charge in [-0.1, -0.05) is 40.7 Å². The number of amides is 1. The van der Waals surface area contributed by atoms with Crippen LogP contribution in [0.3, 0.4) is 0 Å². The SMILES string of the molecule is O=C(c1cnccn1)N1CCC[C@@H](n2cc(-c3nc(-c4ccccc4)no3)nn2)C1. The van der Waals surface area contributed by atoms with Gasteiger partial charge in [0.1, 0.15) is 5.69 Å². The monoisotopic (exact) mass is 402 g/mol. The first kappa shape index (κ1) is 18.1. The summed E-state index contributed by atoms with van der Waals surface area (Å²) in [7, 11) is 0. The van der Waals surface area contributed by atoms with Crippen LogP contribution in [0.1, 0.15) is 29.4 Å². The average molecular weight is 402 g/mol. The molecule has 0 radical (unpaired) electrons. The Morgan fingerprint density at radius 3 is 2.90 bits per heavy atom. The van der Waals surface area contributed by atoms with E-state index in [-0.39, 0.29) is 11.9 Å².